The Bertz CT molecular complexity index is 663. The van der Waals surface area contributed by atoms with Gasteiger partial charge in [-0.05, 0) is 36.2 Å². The van der Waals surface area contributed by atoms with Crippen LogP contribution in [0.4, 0.5) is 0 Å². The Balaban J connectivity index is 1.67. The summed E-state index contributed by atoms with van der Waals surface area (Å²) in [6.45, 7) is 3.55. The number of hydrogen-bond donors (Lipinski definition) is 2. The summed E-state index contributed by atoms with van der Waals surface area (Å²) >= 11 is 1.77. The van der Waals surface area contributed by atoms with E-state index in [0.717, 1.165) is 25.5 Å². The standard InChI is InChI=1S/C21H29N3O2S/c1-22-21(23-13-6-14-26-16-15-25-2)24-17-18-9-11-20(12-10-18)27-19-7-4-3-5-8-19/h3-5,7-12H,6,13-17H2,1-2H3,(H2,22,23,24). The minimum Gasteiger partial charge on any atom is -0.382 e. The molecule has 0 unspecified atom stereocenters. The fourth-order valence-electron chi connectivity index (χ4n) is 2.33. The molecule has 0 heterocycles. The minimum atomic E-state index is 0.638. The second-order valence-corrected chi connectivity index (χ2v) is 7.02. The topological polar surface area (TPSA) is 54.9 Å². The summed E-state index contributed by atoms with van der Waals surface area (Å²) in [5.74, 6) is 0.801. The van der Waals surface area contributed by atoms with Gasteiger partial charge >= 0.3 is 0 Å². The van der Waals surface area contributed by atoms with Gasteiger partial charge in [-0.25, -0.2) is 0 Å². The highest BCUT2D eigenvalue weighted by atomic mass is 32.2. The van der Waals surface area contributed by atoms with Crippen LogP contribution in [0.5, 0.6) is 0 Å². The first-order valence-electron chi connectivity index (χ1n) is 9.15. The van der Waals surface area contributed by atoms with Crippen LogP contribution in [-0.2, 0) is 16.0 Å². The minimum absolute atomic E-state index is 0.638. The van der Waals surface area contributed by atoms with Gasteiger partial charge in [0.1, 0.15) is 0 Å². The van der Waals surface area contributed by atoms with Crippen LogP contribution >= 0.6 is 11.8 Å². The Hall–Kier alpha value is -2.02. The number of nitrogens with one attached hydrogen (secondary N) is 2. The van der Waals surface area contributed by atoms with Gasteiger partial charge in [0.05, 0.1) is 13.2 Å². The summed E-state index contributed by atoms with van der Waals surface area (Å²) in [6, 6.07) is 19.0. The Labute approximate surface area is 166 Å². The van der Waals surface area contributed by atoms with Gasteiger partial charge in [0.15, 0.2) is 5.96 Å². The predicted molar refractivity (Wildman–Crippen MR) is 113 cm³/mol. The van der Waals surface area contributed by atoms with Crippen LogP contribution in [-0.4, -0.2) is 46.5 Å². The molecule has 0 aliphatic rings. The molecule has 2 N–H and O–H groups in total. The Kier molecular flexibility index (Phi) is 10.4. The third kappa shape index (κ3) is 8.95. The molecule has 0 radical (unpaired) electrons. The lowest BCUT2D eigenvalue weighted by atomic mass is 10.2. The smallest absolute Gasteiger partial charge is 0.191 e. The van der Waals surface area contributed by atoms with Gasteiger partial charge in [-0.2, -0.15) is 0 Å². The second kappa shape index (κ2) is 13.2. The van der Waals surface area contributed by atoms with Crippen molar-refractivity contribution in [3.63, 3.8) is 0 Å². The van der Waals surface area contributed by atoms with E-state index in [1.807, 2.05) is 6.07 Å². The van der Waals surface area contributed by atoms with Gasteiger partial charge in [0.25, 0.3) is 0 Å². The van der Waals surface area contributed by atoms with Crippen molar-refractivity contribution >= 4 is 17.7 Å². The number of nitrogens with zero attached hydrogens (tertiary/aromatic N) is 1. The molecule has 0 saturated heterocycles. The number of rotatable bonds is 11. The van der Waals surface area contributed by atoms with E-state index in [0.29, 0.717) is 19.8 Å². The predicted octanol–water partition coefficient (Wildman–Crippen LogP) is 3.56. The van der Waals surface area contributed by atoms with E-state index in [1.54, 1.807) is 25.9 Å². The lowest BCUT2D eigenvalue weighted by Gasteiger charge is -2.12. The average molecular weight is 388 g/mol. The van der Waals surface area contributed by atoms with Crippen LogP contribution in [0.25, 0.3) is 0 Å². The molecule has 2 aromatic carbocycles. The summed E-state index contributed by atoms with van der Waals surface area (Å²) in [5.41, 5.74) is 1.22. The fourth-order valence-corrected chi connectivity index (χ4v) is 3.17. The number of hydrogen-bond acceptors (Lipinski definition) is 4. The number of ether oxygens (including phenoxy) is 2. The van der Waals surface area contributed by atoms with Crippen molar-refractivity contribution in [2.75, 3.05) is 40.5 Å². The Morgan fingerprint density at radius 1 is 0.926 bits per heavy atom. The fraction of sp³-hybridized carbons (Fsp3) is 0.381. The van der Waals surface area contributed by atoms with Gasteiger partial charge in [0, 0.05) is 43.6 Å². The third-order valence-corrected chi connectivity index (χ3v) is 4.79. The third-order valence-electron chi connectivity index (χ3n) is 3.78. The summed E-state index contributed by atoms with van der Waals surface area (Å²) < 4.78 is 10.4. The highest BCUT2D eigenvalue weighted by Gasteiger charge is 2.00. The van der Waals surface area contributed by atoms with E-state index in [1.165, 1.54) is 15.4 Å². The lowest BCUT2D eigenvalue weighted by Crippen LogP contribution is -2.37. The van der Waals surface area contributed by atoms with E-state index in [9.17, 15) is 0 Å². The van der Waals surface area contributed by atoms with Gasteiger partial charge in [-0.1, -0.05) is 42.1 Å². The van der Waals surface area contributed by atoms with E-state index in [-0.39, 0.29) is 0 Å². The molecule has 0 atom stereocenters. The normalized spacial score (nSPS) is 11.4. The maximum atomic E-state index is 5.45. The molecule has 0 aliphatic carbocycles. The first-order valence-corrected chi connectivity index (χ1v) is 9.96. The van der Waals surface area contributed by atoms with Crippen molar-refractivity contribution in [1.82, 2.24) is 10.6 Å². The molecular formula is C21H29N3O2S. The van der Waals surface area contributed by atoms with Gasteiger partial charge in [-0.3, -0.25) is 4.99 Å². The van der Waals surface area contributed by atoms with Gasteiger partial charge in [0.2, 0.25) is 0 Å². The summed E-state index contributed by atoms with van der Waals surface area (Å²) in [4.78, 5) is 6.74. The number of aliphatic imine (C=N–C) groups is 1. The van der Waals surface area contributed by atoms with Crippen LogP contribution in [0.1, 0.15) is 12.0 Å². The molecule has 0 aliphatic heterocycles. The van der Waals surface area contributed by atoms with E-state index < -0.39 is 0 Å². The molecule has 2 rings (SSSR count). The monoisotopic (exact) mass is 387 g/mol. The van der Waals surface area contributed by atoms with E-state index in [4.69, 9.17) is 9.47 Å². The Morgan fingerprint density at radius 3 is 2.37 bits per heavy atom. The van der Waals surface area contributed by atoms with Crippen molar-refractivity contribution in [2.45, 2.75) is 22.8 Å². The second-order valence-electron chi connectivity index (χ2n) is 5.87. The van der Waals surface area contributed by atoms with Crippen LogP contribution in [0.3, 0.4) is 0 Å². The maximum absolute atomic E-state index is 5.45. The number of benzene rings is 2. The summed E-state index contributed by atoms with van der Waals surface area (Å²) in [7, 11) is 3.46. The van der Waals surface area contributed by atoms with Crippen LogP contribution < -0.4 is 10.6 Å². The molecule has 0 amide bonds. The van der Waals surface area contributed by atoms with Crippen molar-refractivity contribution in [3.05, 3.63) is 60.2 Å². The largest absolute Gasteiger partial charge is 0.382 e. The first-order chi connectivity index (χ1) is 13.3. The van der Waals surface area contributed by atoms with Crippen molar-refractivity contribution in [1.29, 1.82) is 0 Å². The molecule has 0 bridgehead atoms. The molecule has 0 saturated carbocycles. The molecule has 146 valence electrons. The van der Waals surface area contributed by atoms with Crippen LogP contribution in [0.15, 0.2) is 69.4 Å². The van der Waals surface area contributed by atoms with Gasteiger partial charge < -0.3 is 20.1 Å². The molecule has 0 spiro atoms. The zero-order chi connectivity index (χ0) is 19.2. The zero-order valence-electron chi connectivity index (χ0n) is 16.1. The molecular weight excluding hydrogens is 358 g/mol. The van der Waals surface area contributed by atoms with Crippen LogP contribution in [0, 0.1) is 0 Å². The number of methoxy groups -OCH3 is 1. The van der Waals surface area contributed by atoms with Crippen molar-refractivity contribution in [2.24, 2.45) is 4.99 Å². The Morgan fingerprint density at radius 2 is 1.67 bits per heavy atom. The lowest BCUT2D eigenvalue weighted by molar-refractivity contribution is 0.0698. The van der Waals surface area contributed by atoms with Crippen LogP contribution in [0.2, 0.25) is 0 Å². The summed E-state index contributed by atoms with van der Waals surface area (Å²) in [6.07, 6.45) is 0.926. The molecule has 5 nitrogen and oxygen atoms in total. The molecule has 27 heavy (non-hydrogen) atoms. The van der Waals surface area contributed by atoms with E-state index >= 15 is 0 Å². The SMILES string of the molecule is CN=C(NCCCOCCOC)NCc1ccc(Sc2ccccc2)cc1. The maximum Gasteiger partial charge on any atom is 0.191 e. The molecule has 0 aromatic heterocycles. The first kappa shape index (κ1) is 21.3. The quantitative estimate of drug-likeness (QED) is 0.351. The average Bonchev–Trinajstić information content (AvgIpc) is 2.71. The summed E-state index contributed by atoms with van der Waals surface area (Å²) in [5, 5.41) is 6.64. The molecule has 6 heteroatoms. The van der Waals surface area contributed by atoms with Gasteiger partial charge in [-0.15, -0.1) is 0 Å². The zero-order valence-corrected chi connectivity index (χ0v) is 16.9. The van der Waals surface area contributed by atoms with E-state index in [2.05, 4.69) is 64.2 Å². The molecule has 2 aromatic rings. The highest BCUT2D eigenvalue weighted by molar-refractivity contribution is 7.99. The number of guanidine groups is 1. The molecule has 0 fully saturated rings. The highest BCUT2D eigenvalue weighted by Crippen LogP contribution is 2.27. The van der Waals surface area contributed by atoms with Crippen molar-refractivity contribution in [3.8, 4) is 0 Å². The van der Waals surface area contributed by atoms with Crippen molar-refractivity contribution < 1.29 is 9.47 Å².